The summed E-state index contributed by atoms with van der Waals surface area (Å²) in [6.45, 7) is 2.28. The van der Waals surface area contributed by atoms with Crippen LogP contribution in [0, 0.1) is 0 Å². The van der Waals surface area contributed by atoms with E-state index in [2.05, 4.69) is 28.5 Å². The van der Waals surface area contributed by atoms with E-state index in [1.807, 2.05) is 0 Å². The molecule has 1 aliphatic heterocycles. The zero-order valence-electron chi connectivity index (χ0n) is 8.05. The first-order chi connectivity index (χ1) is 5.93. The Morgan fingerprint density at radius 3 is 2.00 bits per heavy atom. The Kier molecular flexibility index (Phi) is 6.41. The molecule has 1 fully saturated rings. The van der Waals surface area contributed by atoms with Gasteiger partial charge in [-0.3, -0.25) is 0 Å². The molecule has 0 N–H and O–H groups in total. The molecule has 0 atom stereocenters. The molecule has 72 valence electrons. The van der Waals surface area contributed by atoms with E-state index in [1.54, 1.807) is 0 Å². The van der Waals surface area contributed by atoms with Crippen molar-refractivity contribution in [2.24, 2.45) is 0 Å². The predicted molar refractivity (Wildman–Crippen MR) is 61.6 cm³/mol. The van der Waals surface area contributed by atoms with Crippen LogP contribution in [0.3, 0.4) is 0 Å². The van der Waals surface area contributed by atoms with E-state index in [0.29, 0.717) is 0 Å². The summed E-state index contributed by atoms with van der Waals surface area (Å²) in [4.78, 5) is 0. The second-order valence-electron chi connectivity index (χ2n) is 3.53. The largest absolute Gasteiger partial charge is 0.0777 e. The Balaban J connectivity index is 1.65. The fourth-order valence-electron chi connectivity index (χ4n) is 1.40. The van der Waals surface area contributed by atoms with Crippen LogP contribution in [0.15, 0.2) is 0 Å². The standard InChI is InChI=1S/C10H20S2/c1-2-3-4-5-6-7-8-9-10-11-12-10/h10H,2-9H2,1H3. The maximum Gasteiger partial charge on any atom is 0.0710 e. The summed E-state index contributed by atoms with van der Waals surface area (Å²) in [5.41, 5.74) is 0. The van der Waals surface area contributed by atoms with Crippen molar-refractivity contribution in [2.75, 3.05) is 0 Å². The van der Waals surface area contributed by atoms with Crippen LogP contribution < -0.4 is 0 Å². The highest BCUT2D eigenvalue weighted by molar-refractivity contribution is 8.92. The molecule has 0 aromatic rings. The van der Waals surface area contributed by atoms with E-state index in [-0.39, 0.29) is 0 Å². The van der Waals surface area contributed by atoms with Crippen molar-refractivity contribution in [1.29, 1.82) is 0 Å². The molecule has 0 aliphatic carbocycles. The fraction of sp³-hybridized carbons (Fsp3) is 1.00. The lowest BCUT2D eigenvalue weighted by molar-refractivity contribution is 0.585. The predicted octanol–water partition coefficient (Wildman–Crippen LogP) is 4.85. The van der Waals surface area contributed by atoms with Crippen molar-refractivity contribution in [3.8, 4) is 0 Å². The maximum absolute atomic E-state index is 2.28. The molecular weight excluding hydrogens is 184 g/mol. The summed E-state index contributed by atoms with van der Waals surface area (Å²) in [7, 11) is 4.11. The summed E-state index contributed by atoms with van der Waals surface area (Å²) in [6, 6.07) is 0. The highest BCUT2D eigenvalue weighted by Crippen LogP contribution is 2.55. The lowest BCUT2D eigenvalue weighted by Crippen LogP contribution is -1.82. The molecule has 0 aromatic heterocycles. The van der Waals surface area contributed by atoms with Gasteiger partial charge in [-0.1, -0.05) is 73.5 Å². The number of hydrogen-bond donors (Lipinski definition) is 0. The molecule has 0 unspecified atom stereocenters. The third kappa shape index (κ3) is 6.24. The molecule has 1 aliphatic rings. The monoisotopic (exact) mass is 204 g/mol. The first kappa shape index (κ1) is 10.8. The Morgan fingerprint density at radius 1 is 0.833 bits per heavy atom. The van der Waals surface area contributed by atoms with Crippen LogP contribution in [0.5, 0.6) is 0 Å². The highest BCUT2D eigenvalue weighted by Gasteiger charge is 2.22. The van der Waals surface area contributed by atoms with Crippen LogP contribution in [0.1, 0.15) is 58.3 Å². The molecule has 2 heteroatoms. The minimum atomic E-state index is 0.987. The third-order valence-corrected chi connectivity index (χ3v) is 4.61. The molecule has 0 bridgehead atoms. The first-order valence-electron chi connectivity index (χ1n) is 5.25. The first-order valence-corrected chi connectivity index (χ1v) is 7.53. The van der Waals surface area contributed by atoms with Crippen molar-refractivity contribution in [2.45, 2.75) is 62.9 Å². The summed E-state index contributed by atoms with van der Waals surface area (Å²) < 4.78 is 0.987. The molecule has 1 heterocycles. The van der Waals surface area contributed by atoms with Gasteiger partial charge in [-0.15, -0.1) is 0 Å². The second kappa shape index (κ2) is 7.14. The van der Waals surface area contributed by atoms with E-state index < -0.39 is 0 Å². The third-order valence-electron chi connectivity index (χ3n) is 2.28. The van der Waals surface area contributed by atoms with Crippen LogP contribution in [0.4, 0.5) is 0 Å². The molecule has 1 rings (SSSR count). The number of hydrogen-bond acceptors (Lipinski definition) is 2. The molecular formula is C10H20S2. The van der Waals surface area contributed by atoms with Gasteiger partial charge >= 0.3 is 0 Å². The van der Waals surface area contributed by atoms with E-state index in [9.17, 15) is 0 Å². The SMILES string of the molecule is CCCCCCCCCC1SS1. The van der Waals surface area contributed by atoms with Crippen LogP contribution in [0.25, 0.3) is 0 Å². The topological polar surface area (TPSA) is 0 Å². The highest BCUT2D eigenvalue weighted by atomic mass is 33.2. The summed E-state index contributed by atoms with van der Waals surface area (Å²) >= 11 is 0. The van der Waals surface area contributed by atoms with Gasteiger partial charge in [-0.2, -0.15) is 0 Å². The van der Waals surface area contributed by atoms with Crippen molar-refractivity contribution in [3.05, 3.63) is 0 Å². The quantitative estimate of drug-likeness (QED) is 0.315. The van der Waals surface area contributed by atoms with Crippen molar-refractivity contribution < 1.29 is 0 Å². The van der Waals surface area contributed by atoms with Gasteiger partial charge < -0.3 is 0 Å². The van der Waals surface area contributed by atoms with E-state index in [0.717, 1.165) is 4.58 Å². The number of unbranched alkanes of at least 4 members (excludes halogenated alkanes) is 6. The Hall–Kier alpha value is 0.700. The second-order valence-corrected chi connectivity index (χ2v) is 6.51. The van der Waals surface area contributed by atoms with Gasteiger partial charge in [0.05, 0.1) is 4.58 Å². The van der Waals surface area contributed by atoms with Gasteiger partial charge in [-0.05, 0) is 6.42 Å². The van der Waals surface area contributed by atoms with E-state index >= 15 is 0 Å². The lowest BCUT2D eigenvalue weighted by atomic mass is 10.1. The minimum Gasteiger partial charge on any atom is -0.0777 e. The van der Waals surface area contributed by atoms with E-state index in [4.69, 9.17) is 0 Å². The van der Waals surface area contributed by atoms with Crippen LogP contribution in [-0.2, 0) is 0 Å². The van der Waals surface area contributed by atoms with Gasteiger partial charge in [-0.25, -0.2) is 0 Å². The van der Waals surface area contributed by atoms with Crippen molar-refractivity contribution in [1.82, 2.24) is 0 Å². The van der Waals surface area contributed by atoms with Gasteiger partial charge in [0, 0.05) is 0 Å². The van der Waals surface area contributed by atoms with Gasteiger partial charge in [0.15, 0.2) is 0 Å². The number of rotatable bonds is 8. The van der Waals surface area contributed by atoms with Crippen LogP contribution in [-0.4, -0.2) is 4.58 Å². The maximum atomic E-state index is 2.28. The molecule has 0 radical (unpaired) electrons. The Labute approximate surface area is 84.7 Å². The fourth-order valence-corrected chi connectivity index (χ4v) is 2.82. The molecule has 0 saturated carbocycles. The van der Waals surface area contributed by atoms with Crippen LogP contribution in [0.2, 0.25) is 0 Å². The Bertz CT molecular complexity index is 100. The molecule has 0 nitrogen and oxygen atoms in total. The summed E-state index contributed by atoms with van der Waals surface area (Å²) in [5.74, 6) is 0. The smallest absolute Gasteiger partial charge is 0.0710 e. The van der Waals surface area contributed by atoms with Gasteiger partial charge in [0.25, 0.3) is 0 Å². The van der Waals surface area contributed by atoms with Crippen molar-refractivity contribution in [3.63, 3.8) is 0 Å². The van der Waals surface area contributed by atoms with Crippen molar-refractivity contribution >= 4 is 21.6 Å². The van der Waals surface area contributed by atoms with E-state index in [1.165, 1.54) is 51.4 Å². The average Bonchev–Trinajstić information content (AvgIpc) is 2.87. The average molecular weight is 204 g/mol. The molecule has 0 spiro atoms. The summed E-state index contributed by atoms with van der Waals surface area (Å²) in [5, 5.41) is 0. The van der Waals surface area contributed by atoms with Gasteiger partial charge in [0.2, 0.25) is 0 Å². The molecule has 12 heavy (non-hydrogen) atoms. The van der Waals surface area contributed by atoms with Crippen LogP contribution >= 0.6 is 21.6 Å². The Morgan fingerprint density at radius 2 is 1.42 bits per heavy atom. The lowest BCUT2D eigenvalue weighted by Gasteiger charge is -1.98. The minimum absolute atomic E-state index is 0.987. The molecule has 1 saturated heterocycles. The van der Waals surface area contributed by atoms with Gasteiger partial charge in [0.1, 0.15) is 0 Å². The molecule has 0 amide bonds. The zero-order valence-corrected chi connectivity index (χ0v) is 9.68. The summed E-state index contributed by atoms with van der Waals surface area (Å²) in [6.07, 6.45) is 11.6. The molecule has 0 aromatic carbocycles. The zero-order chi connectivity index (χ0) is 8.65. The normalized spacial score (nSPS) is 16.8.